The minimum atomic E-state index is -0.126. The second kappa shape index (κ2) is 8.84. The average molecular weight is 412 g/mol. The molecule has 3 heterocycles. The van der Waals surface area contributed by atoms with Crippen molar-refractivity contribution in [2.24, 2.45) is 5.92 Å². The van der Waals surface area contributed by atoms with Crippen LogP contribution in [-0.4, -0.2) is 47.5 Å². The zero-order valence-corrected chi connectivity index (χ0v) is 17.3. The molecular formula is C22H26ClN5O. The maximum absolute atomic E-state index is 12.3. The molecule has 4 rings (SSSR count). The fraction of sp³-hybridized carbons (Fsp3) is 0.364. The lowest BCUT2D eigenvalue weighted by atomic mass is 9.96. The predicted molar refractivity (Wildman–Crippen MR) is 117 cm³/mol. The van der Waals surface area contributed by atoms with Crippen LogP contribution in [0, 0.1) is 5.92 Å². The summed E-state index contributed by atoms with van der Waals surface area (Å²) in [5.74, 6) is 0.449. The summed E-state index contributed by atoms with van der Waals surface area (Å²) in [6.45, 7) is 3.92. The number of rotatable bonds is 6. The minimum Gasteiger partial charge on any atom is -0.383 e. The van der Waals surface area contributed by atoms with Crippen molar-refractivity contribution in [3.8, 4) is 0 Å². The average Bonchev–Trinajstić information content (AvgIpc) is 3.21. The van der Waals surface area contributed by atoms with Gasteiger partial charge in [-0.05, 0) is 55.6 Å². The van der Waals surface area contributed by atoms with Gasteiger partial charge >= 0.3 is 0 Å². The van der Waals surface area contributed by atoms with Crippen LogP contribution in [0.1, 0.15) is 28.8 Å². The highest BCUT2D eigenvalue weighted by molar-refractivity contribution is 6.30. The number of amides is 1. The fourth-order valence-electron chi connectivity index (χ4n) is 3.99. The molecule has 0 aliphatic carbocycles. The number of halogens is 1. The Balaban J connectivity index is 1.37. The molecule has 1 aromatic carbocycles. The lowest BCUT2D eigenvalue weighted by Gasteiger charge is -2.32. The number of nitrogens with one attached hydrogen (secondary N) is 3. The van der Waals surface area contributed by atoms with Gasteiger partial charge < -0.3 is 15.6 Å². The molecule has 1 aliphatic rings. The van der Waals surface area contributed by atoms with Crippen LogP contribution in [0.5, 0.6) is 0 Å². The molecule has 0 saturated carbocycles. The summed E-state index contributed by atoms with van der Waals surface area (Å²) in [7, 11) is 1.64. The predicted octanol–water partition coefficient (Wildman–Crippen LogP) is 3.90. The standard InChI is InChI=1S/C22H26ClN5O/c1-24-22(29)19-13-27-21-18(5-8-25-21)20(19)26-12-15-6-9-28(10-7-15)14-16-3-2-4-17(23)11-16/h2-5,8,11,13,15H,6-7,9-10,12,14H2,1H3,(H,24,29)(H2,25,26,27). The quantitative estimate of drug-likeness (QED) is 0.575. The van der Waals surface area contributed by atoms with Gasteiger partial charge in [-0.25, -0.2) is 4.98 Å². The SMILES string of the molecule is CNC(=O)c1cnc2[nH]ccc2c1NCC1CCN(Cc2cccc(Cl)c2)CC1. The topological polar surface area (TPSA) is 73.0 Å². The van der Waals surface area contributed by atoms with E-state index in [0.29, 0.717) is 11.5 Å². The van der Waals surface area contributed by atoms with Gasteiger partial charge in [-0.3, -0.25) is 9.69 Å². The zero-order valence-electron chi connectivity index (χ0n) is 16.5. The van der Waals surface area contributed by atoms with Crippen molar-refractivity contribution < 1.29 is 4.79 Å². The van der Waals surface area contributed by atoms with Crippen LogP contribution in [0.25, 0.3) is 11.0 Å². The Labute approximate surface area is 175 Å². The van der Waals surface area contributed by atoms with Gasteiger partial charge in [0.1, 0.15) is 5.65 Å². The Kier molecular flexibility index (Phi) is 6.02. The summed E-state index contributed by atoms with van der Waals surface area (Å²) < 4.78 is 0. The van der Waals surface area contributed by atoms with Gasteiger partial charge in [-0.2, -0.15) is 0 Å². The number of fused-ring (bicyclic) bond motifs is 1. The first-order chi connectivity index (χ1) is 14.1. The molecule has 2 aromatic heterocycles. The highest BCUT2D eigenvalue weighted by Gasteiger charge is 2.21. The molecule has 0 unspecified atom stereocenters. The van der Waals surface area contributed by atoms with Crippen LogP contribution in [0.4, 0.5) is 5.69 Å². The summed E-state index contributed by atoms with van der Waals surface area (Å²) in [6.07, 6.45) is 5.74. The summed E-state index contributed by atoms with van der Waals surface area (Å²) in [6, 6.07) is 10.1. The Bertz CT molecular complexity index is 994. The molecule has 6 nitrogen and oxygen atoms in total. The number of anilines is 1. The smallest absolute Gasteiger partial charge is 0.254 e. The van der Waals surface area contributed by atoms with E-state index in [9.17, 15) is 4.79 Å². The maximum Gasteiger partial charge on any atom is 0.254 e. The number of nitrogens with zero attached hydrogens (tertiary/aromatic N) is 2. The van der Waals surface area contributed by atoms with Gasteiger partial charge in [0, 0.05) is 42.9 Å². The van der Waals surface area contributed by atoms with Crippen molar-refractivity contribution in [1.29, 1.82) is 0 Å². The molecule has 1 fully saturated rings. The van der Waals surface area contributed by atoms with Crippen molar-refractivity contribution in [2.75, 3.05) is 32.0 Å². The highest BCUT2D eigenvalue weighted by Crippen LogP contribution is 2.27. The number of hydrogen-bond donors (Lipinski definition) is 3. The van der Waals surface area contributed by atoms with Crippen molar-refractivity contribution in [3.05, 3.63) is 58.9 Å². The summed E-state index contributed by atoms with van der Waals surface area (Å²) in [4.78, 5) is 22.2. The second-order valence-corrected chi connectivity index (χ2v) is 8.03. The summed E-state index contributed by atoms with van der Waals surface area (Å²) >= 11 is 6.10. The third-order valence-corrected chi connectivity index (χ3v) is 5.86. The molecule has 7 heteroatoms. The Morgan fingerprint density at radius 3 is 2.90 bits per heavy atom. The number of piperidine rings is 1. The molecule has 0 atom stereocenters. The highest BCUT2D eigenvalue weighted by atomic mass is 35.5. The number of carbonyl (C=O) groups excluding carboxylic acids is 1. The van der Waals surface area contributed by atoms with E-state index in [1.165, 1.54) is 5.56 Å². The summed E-state index contributed by atoms with van der Waals surface area (Å²) in [5.41, 5.74) is 3.49. The van der Waals surface area contributed by atoms with E-state index in [1.54, 1.807) is 13.2 Å². The number of aromatic nitrogens is 2. The van der Waals surface area contributed by atoms with Crippen molar-refractivity contribution in [1.82, 2.24) is 20.2 Å². The molecule has 29 heavy (non-hydrogen) atoms. The van der Waals surface area contributed by atoms with Gasteiger partial charge in [0.25, 0.3) is 5.91 Å². The van der Waals surface area contributed by atoms with Gasteiger partial charge in [-0.15, -0.1) is 0 Å². The first-order valence-corrected chi connectivity index (χ1v) is 10.4. The number of H-pyrrole nitrogens is 1. The van der Waals surface area contributed by atoms with Crippen molar-refractivity contribution in [2.45, 2.75) is 19.4 Å². The number of pyridine rings is 1. The number of carbonyl (C=O) groups is 1. The first kappa shape index (κ1) is 19.7. The number of aromatic amines is 1. The van der Waals surface area contributed by atoms with E-state index < -0.39 is 0 Å². The van der Waals surface area contributed by atoms with Gasteiger partial charge in [0.2, 0.25) is 0 Å². The molecule has 152 valence electrons. The van der Waals surface area contributed by atoms with Crippen LogP contribution < -0.4 is 10.6 Å². The lowest BCUT2D eigenvalue weighted by Crippen LogP contribution is -2.35. The molecule has 0 radical (unpaired) electrons. The third kappa shape index (κ3) is 4.54. The second-order valence-electron chi connectivity index (χ2n) is 7.60. The Hall–Kier alpha value is -2.57. The molecule has 0 spiro atoms. The zero-order chi connectivity index (χ0) is 20.2. The van der Waals surface area contributed by atoms with Crippen LogP contribution in [0.3, 0.4) is 0 Å². The van der Waals surface area contributed by atoms with E-state index in [4.69, 9.17) is 11.6 Å². The van der Waals surface area contributed by atoms with E-state index in [2.05, 4.69) is 31.6 Å². The van der Waals surface area contributed by atoms with Gasteiger partial charge in [0.15, 0.2) is 0 Å². The molecule has 1 aliphatic heterocycles. The fourth-order valence-corrected chi connectivity index (χ4v) is 4.21. The largest absolute Gasteiger partial charge is 0.383 e. The van der Waals surface area contributed by atoms with Crippen molar-refractivity contribution >= 4 is 34.2 Å². The first-order valence-electron chi connectivity index (χ1n) is 10.0. The molecular weight excluding hydrogens is 386 g/mol. The Morgan fingerprint density at radius 2 is 2.14 bits per heavy atom. The van der Waals surface area contributed by atoms with E-state index in [-0.39, 0.29) is 5.91 Å². The van der Waals surface area contributed by atoms with Crippen LogP contribution in [-0.2, 0) is 6.54 Å². The van der Waals surface area contributed by atoms with E-state index in [1.807, 2.05) is 30.5 Å². The van der Waals surface area contributed by atoms with Crippen molar-refractivity contribution in [3.63, 3.8) is 0 Å². The van der Waals surface area contributed by atoms with Gasteiger partial charge in [0.05, 0.1) is 11.3 Å². The molecule has 3 N–H and O–H groups in total. The van der Waals surface area contributed by atoms with Crippen LogP contribution >= 0.6 is 11.6 Å². The van der Waals surface area contributed by atoms with E-state index in [0.717, 1.165) is 60.8 Å². The number of likely N-dealkylation sites (tertiary alicyclic amines) is 1. The van der Waals surface area contributed by atoms with Crippen LogP contribution in [0.15, 0.2) is 42.7 Å². The van der Waals surface area contributed by atoms with Crippen LogP contribution in [0.2, 0.25) is 5.02 Å². The summed E-state index contributed by atoms with van der Waals surface area (Å²) in [5, 5.41) is 7.99. The molecule has 1 saturated heterocycles. The molecule has 3 aromatic rings. The maximum atomic E-state index is 12.3. The normalized spacial score (nSPS) is 15.5. The number of hydrogen-bond acceptors (Lipinski definition) is 4. The van der Waals surface area contributed by atoms with Gasteiger partial charge in [-0.1, -0.05) is 23.7 Å². The minimum absolute atomic E-state index is 0.126. The molecule has 1 amide bonds. The van der Waals surface area contributed by atoms with E-state index >= 15 is 0 Å². The monoisotopic (exact) mass is 411 g/mol. The lowest BCUT2D eigenvalue weighted by molar-refractivity contribution is 0.0963. The Morgan fingerprint density at radius 1 is 1.31 bits per heavy atom. The third-order valence-electron chi connectivity index (χ3n) is 5.63. The number of benzene rings is 1. The molecule has 0 bridgehead atoms.